The molecule has 1 aromatic heterocycles. The third kappa shape index (κ3) is 1.22. The third-order valence-corrected chi connectivity index (χ3v) is 1.06. The van der Waals surface area contributed by atoms with Crippen molar-refractivity contribution in [2.75, 3.05) is 0 Å². The molecule has 0 radical (unpaired) electrons. The zero-order valence-corrected chi connectivity index (χ0v) is 5.57. The van der Waals surface area contributed by atoms with Gasteiger partial charge in [-0.2, -0.15) is 0 Å². The summed E-state index contributed by atoms with van der Waals surface area (Å²) in [4.78, 5) is 14.6. The fourth-order valence-electron chi connectivity index (χ4n) is 0.540. The summed E-state index contributed by atoms with van der Waals surface area (Å²) in [6.07, 6.45) is 2.76. The van der Waals surface area contributed by atoms with Crippen LogP contribution in [0.15, 0.2) is 16.9 Å². The quantitative estimate of drug-likeness (QED) is 0.596. The van der Waals surface area contributed by atoms with E-state index in [9.17, 15) is 4.79 Å². The van der Waals surface area contributed by atoms with Crippen molar-refractivity contribution in [1.82, 2.24) is 4.98 Å². The molecule has 0 aliphatic rings. The molecule has 0 bridgehead atoms. The molecule has 1 atom stereocenters. The highest BCUT2D eigenvalue weighted by Gasteiger charge is 2.14. The van der Waals surface area contributed by atoms with E-state index in [4.69, 9.17) is 10.2 Å². The Morgan fingerprint density at radius 2 is 2.60 bits per heavy atom. The number of ketones is 1. The minimum Gasteiger partial charge on any atom is -0.442 e. The van der Waals surface area contributed by atoms with Gasteiger partial charge in [-0.25, -0.2) is 4.98 Å². The summed E-state index contributed by atoms with van der Waals surface area (Å²) in [5.41, 5.74) is 5.28. The summed E-state index contributed by atoms with van der Waals surface area (Å²) in [6.45, 7) is 1.59. The van der Waals surface area contributed by atoms with Crippen LogP contribution < -0.4 is 5.73 Å². The van der Waals surface area contributed by atoms with Crippen molar-refractivity contribution in [1.29, 1.82) is 0 Å². The summed E-state index contributed by atoms with van der Waals surface area (Å²) in [5.74, 6) is -0.194. The molecular formula is C6H8N2O2. The Hall–Kier alpha value is -1.16. The molecule has 4 heteroatoms. The SMILES string of the molecule is CC(N)C(=O)c1ncco1. The zero-order valence-electron chi connectivity index (χ0n) is 5.57. The Balaban J connectivity index is 2.78. The number of nitrogens with zero attached hydrogens (tertiary/aromatic N) is 1. The maximum absolute atomic E-state index is 10.9. The van der Waals surface area contributed by atoms with E-state index in [1.165, 1.54) is 12.5 Å². The number of carbonyl (C=O) groups is 1. The number of oxazole rings is 1. The van der Waals surface area contributed by atoms with Crippen LogP contribution in [0.25, 0.3) is 0 Å². The Morgan fingerprint density at radius 3 is 3.00 bits per heavy atom. The first kappa shape index (κ1) is 6.95. The molecule has 0 fully saturated rings. The van der Waals surface area contributed by atoms with E-state index in [0.717, 1.165) is 0 Å². The Kier molecular flexibility index (Phi) is 1.82. The molecule has 10 heavy (non-hydrogen) atoms. The van der Waals surface area contributed by atoms with Gasteiger partial charge in [0, 0.05) is 0 Å². The monoisotopic (exact) mass is 140 g/mol. The lowest BCUT2D eigenvalue weighted by Gasteiger charge is -1.96. The van der Waals surface area contributed by atoms with E-state index in [1.54, 1.807) is 6.92 Å². The van der Waals surface area contributed by atoms with Gasteiger partial charge in [-0.05, 0) is 6.92 Å². The maximum atomic E-state index is 10.9. The highest BCUT2D eigenvalue weighted by Crippen LogP contribution is 1.97. The van der Waals surface area contributed by atoms with Crippen molar-refractivity contribution in [3.8, 4) is 0 Å². The van der Waals surface area contributed by atoms with E-state index < -0.39 is 6.04 Å². The van der Waals surface area contributed by atoms with Gasteiger partial charge in [-0.1, -0.05) is 0 Å². The molecule has 0 saturated heterocycles. The zero-order chi connectivity index (χ0) is 7.56. The van der Waals surface area contributed by atoms with Gasteiger partial charge in [0.2, 0.25) is 5.78 Å². The number of nitrogens with two attached hydrogens (primary N) is 1. The van der Waals surface area contributed by atoms with Gasteiger partial charge in [0.05, 0.1) is 12.2 Å². The number of hydrogen-bond acceptors (Lipinski definition) is 4. The molecule has 2 N–H and O–H groups in total. The topological polar surface area (TPSA) is 69.1 Å². The van der Waals surface area contributed by atoms with E-state index in [1.807, 2.05) is 0 Å². The maximum Gasteiger partial charge on any atom is 0.264 e. The predicted molar refractivity (Wildman–Crippen MR) is 34.5 cm³/mol. The normalized spacial score (nSPS) is 13.0. The van der Waals surface area contributed by atoms with Gasteiger partial charge in [-0.3, -0.25) is 4.79 Å². The summed E-state index contributed by atoms with van der Waals surface area (Å²) >= 11 is 0. The van der Waals surface area contributed by atoms with Crippen molar-refractivity contribution in [2.24, 2.45) is 5.73 Å². The summed E-state index contributed by atoms with van der Waals surface area (Å²) in [6, 6.07) is -0.543. The molecule has 0 aliphatic heterocycles. The number of rotatable bonds is 2. The third-order valence-electron chi connectivity index (χ3n) is 1.06. The average Bonchev–Trinajstić information content (AvgIpc) is 2.36. The molecule has 1 unspecified atom stereocenters. The molecule has 0 spiro atoms. The summed E-state index contributed by atoms with van der Waals surface area (Å²) in [5, 5.41) is 0. The van der Waals surface area contributed by atoms with Crippen LogP contribution in [-0.4, -0.2) is 16.8 Å². The standard InChI is InChI=1S/C6H8N2O2/c1-4(7)5(9)6-8-2-3-10-6/h2-4H,7H2,1H3. The van der Waals surface area contributed by atoms with Crippen molar-refractivity contribution >= 4 is 5.78 Å². The number of Topliss-reactive ketones (excluding diaryl/α,β-unsaturated/α-hetero) is 1. The highest BCUT2D eigenvalue weighted by molar-refractivity contribution is 5.95. The molecule has 0 amide bonds. The molecular weight excluding hydrogens is 132 g/mol. The largest absolute Gasteiger partial charge is 0.442 e. The van der Waals surface area contributed by atoms with Crippen LogP contribution in [0, 0.1) is 0 Å². The first-order valence-electron chi connectivity index (χ1n) is 2.91. The lowest BCUT2D eigenvalue weighted by molar-refractivity contribution is 0.0934. The minimum atomic E-state index is -0.543. The molecule has 0 aliphatic carbocycles. The molecule has 4 nitrogen and oxygen atoms in total. The van der Waals surface area contributed by atoms with Crippen molar-refractivity contribution in [3.63, 3.8) is 0 Å². The molecule has 0 saturated carbocycles. The van der Waals surface area contributed by atoms with Crippen LogP contribution in [0.4, 0.5) is 0 Å². The second kappa shape index (κ2) is 2.62. The van der Waals surface area contributed by atoms with Gasteiger partial charge < -0.3 is 10.2 Å². The fraction of sp³-hybridized carbons (Fsp3) is 0.333. The fourth-order valence-corrected chi connectivity index (χ4v) is 0.540. The van der Waals surface area contributed by atoms with Crippen LogP contribution in [0.5, 0.6) is 0 Å². The number of aromatic nitrogens is 1. The van der Waals surface area contributed by atoms with Crippen LogP contribution in [0.2, 0.25) is 0 Å². The second-order valence-electron chi connectivity index (χ2n) is 1.99. The summed E-state index contributed by atoms with van der Waals surface area (Å²) in [7, 11) is 0. The van der Waals surface area contributed by atoms with Gasteiger partial charge >= 0.3 is 0 Å². The van der Waals surface area contributed by atoms with Crippen molar-refractivity contribution < 1.29 is 9.21 Å². The highest BCUT2D eigenvalue weighted by atomic mass is 16.3. The number of carbonyl (C=O) groups excluding carboxylic acids is 1. The minimum absolute atomic E-state index is 0.0787. The molecule has 54 valence electrons. The first-order chi connectivity index (χ1) is 4.72. The van der Waals surface area contributed by atoms with Crippen LogP contribution in [0.3, 0.4) is 0 Å². The Bertz CT molecular complexity index is 216. The predicted octanol–water partition coefficient (Wildman–Crippen LogP) is 0.204. The molecule has 1 rings (SSSR count). The van der Waals surface area contributed by atoms with Gasteiger partial charge in [-0.15, -0.1) is 0 Å². The first-order valence-corrected chi connectivity index (χ1v) is 2.91. The Morgan fingerprint density at radius 1 is 1.90 bits per heavy atom. The summed E-state index contributed by atoms with van der Waals surface area (Å²) < 4.78 is 4.72. The second-order valence-corrected chi connectivity index (χ2v) is 1.99. The Labute approximate surface area is 58.0 Å². The lowest BCUT2D eigenvalue weighted by Crippen LogP contribution is -2.26. The van der Waals surface area contributed by atoms with E-state index in [-0.39, 0.29) is 11.7 Å². The number of hydrogen-bond donors (Lipinski definition) is 1. The lowest BCUT2D eigenvalue weighted by atomic mass is 10.2. The smallest absolute Gasteiger partial charge is 0.264 e. The van der Waals surface area contributed by atoms with Gasteiger partial charge in [0.1, 0.15) is 6.26 Å². The molecule has 1 heterocycles. The van der Waals surface area contributed by atoms with Crippen LogP contribution in [-0.2, 0) is 0 Å². The van der Waals surface area contributed by atoms with Crippen molar-refractivity contribution in [3.05, 3.63) is 18.4 Å². The van der Waals surface area contributed by atoms with E-state index >= 15 is 0 Å². The van der Waals surface area contributed by atoms with Gasteiger partial charge in [0.25, 0.3) is 5.89 Å². The molecule has 0 aromatic carbocycles. The van der Waals surface area contributed by atoms with E-state index in [0.29, 0.717) is 0 Å². The van der Waals surface area contributed by atoms with Crippen LogP contribution >= 0.6 is 0 Å². The molecule has 1 aromatic rings. The average molecular weight is 140 g/mol. The van der Waals surface area contributed by atoms with Crippen LogP contribution in [0.1, 0.15) is 17.6 Å². The van der Waals surface area contributed by atoms with E-state index in [2.05, 4.69) is 4.98 Å². The van der Waals surface area contributed by atoms with Crippen molar-refractivity contribution in [2.45, 2.75) is 13.0 Å². The van der Waals surface area contributed by atoms with Gasteiger partial charge in [0.15, 0.2) is 0 Å².